The number of aromatic amines is 1. The normalized spacial score (nSPS) is 16.1. The number of thiazole rings is 1. The minimum atomic E-state index is -2.31. The fourth-order valence-electron chi connectivity index (χ4n) is 4.27. The molecule has 0 saturated carbocycles. The molecule has 0 saturated heterocycles. The van der Waals surface area contributed by atoms with Crippen LogP contribution in [0.2, 0.25) is 10.0 Å². The number of nitrogens with zero attached hydrogens (tertiary/aromatic N) is 3. The van der Waals surface area contributed by atoms with Gasteiger partial charge in [-0.05, 0) is 35.4 Å². The van der Waals surface area contributed by atoms with Crippen LogP contribution in [0, 0.1) is 0 Å². The summed E-state index contributed by atoms with van der Waals surface area (Å²) in [7, 11) is 0. The van der Waals surface area contributed by atoms with E-state index in [-0.39, 0.29) is 17.7 Å². The third-order valence-electron chi connectivity index (χ3n) is 5.94. The predicted molar refractivity (Wildman–Crippen MR) is 140 cm³/mol. The molecule has 0 aliphatic carbocycles. The molecule has 12 heteroatoms. The van der Waals surface area contributed by atoms with Gasteiger partial charge in [-0.15, -0.1) is 11.3 Å². The topological polar surface area (TPSA) is 116 Å². The number of aliphatic carboxylic acids is 1. The van der Waals surface area contributed by atoms with Gasteiger partial charge in [0.2, 0.25) is 0 Å². The van der Waals surface area contributed by atoms with E-state index in [4.69, 9.17) is 28.3 Å². The Morgan fingerprint density at radius 3 is 2.41 bits per heavy atom. The minimum Gasteiger partial charge on any atom is -0.481 e. The van der Waals surface area contributed by atoms with Crippen LogP contribution in [0.25, 0.3) is 21.5 Å². The Bertz CT molecular complexity index is 1600. The fraction of sp³-hybridized carbons (Fsp3) is 0.160. The molecule has 1 amide bonds. The van der Waals surface area contributed by atoms with Gasteiger partial charge >= 0.3 is 5.97 Å². The summed E-state index contributed by atoms with van der Waals surface area (Å²) in [5.41, 5.74) is 3.82. The van der Waals surface area contributed by atoms with E-state index in [0.29, 0.717) is 37.1 Å². The van der Waals surface area contributed by atoms with E-state index in [1.165, 1.54) is 11.3 Å². The van der Waals surface area contributed by atoms with E-state index in [1.807, 2.05) is 0 Å². The van der Waals surface area contributed by atoms with Gasteiger partial charge in [0.15, 0.2) is 11.8 Å². The van der Waals surface area contributed by atoms with Gasteiger partial charge in [0, 0.05) is 22.0 Å². The van der Waals surface area contributed by atoms with Crippen molar-refractivity contribution in [3.63, 3.8) is 0 Å². The SMILES string of the molecule is O=C(O)CC(F)C(=O)N1N=C(c2c(-c3ccc(Cl)cc3)c3scnc3[nH]c2=O)CC1c1ccc(Cl)cc1. The Kier molecular flexibility index (Phi) is 6.80. The number of carboxylic acids is 1. The van der Waals surface area contributed by atoms with Gasteiger partial charge in [0.1, 0.15) is 0 Å². The van der Waals surface area contributed by atoms with Crippen molar-refractivity contribution >= 4 is 62.5 Å². The van der Waals surface area contributed by atoms with Crippen LogP contribution in [0.1, 0.15) is 30.0 Å². The summed E-state index contributed by atoms with van der Waals surface area (Å²) in [4.78, 5) is 44.4. The van der Waals surface area contributed by atoms with E-state index in [2.05, 4.69) is 15.1 Å². The van der Waals surface area contributed by atoms with Crippen molar-refractivity contribution in [1.82, 2.24) is 15.0 Å². The van der Waals surface area contributed by atoms with Gasteiger partial charge in [0.05, 0.1) is 33.9 Å². The molecule has 8 nitrogen and oxygen atoms in total. The second kappa shape index (κ2) is 10.0. The summed E-state index contributed by atoms with van der Waals surface area (Å²) in [6.45, 7) is 0. The maximum Gasteiger partial charge on any atom is 0.306 e. The van der Waals surface area contributed by atoms with Crippen molar-refractivity contribution in [1.29, 1.82) is 0 Å². The third-order valence-corrected chi connectivity index (χ3v) is 7.29. The molecule has 0 radical (unpaired) electrons. The number of H-pyrrole nitrogens is 1. The number of carbonyl (C=O) groups is 2. The lowest BCUT2D eigenvalue weighted by Gasteiger charge is -2.23. The van der Waals surface area contributed by atoms with E-state index in [0.717, 1.165) is 5.01 Å². The quantitative estimate of drug-likeness (QED) is 0.326. The van der Waals surface area contributed by atoms with Crippen molar-refractivity contribution in [2.24, 2.45) is 5.10 Å². The van der Waals surface area contributed by atoms with Crippen LogP contribution in [0.5, 0.6) is 0 Å². The molecule has 2 unspecified atom stereocenters. The molecule has 1 aliphatic rings. The van der Waals surface area contributed by atoms with E-state index < -0.39 is 36.1 Å². The Balaban J connectivity index is 1.68. The average molecular weight is 559 g/mol. The zero-order valence-corrected chi connectivity index (χ0v) is 21.1. The Hall–Kier alpha value is -3.60. The van der Waals surface area contributed by atoms with Crippen molar-refractivity contribution in [2.75, 3.05) is 0 Å². The Morgan fingerprint density at radius 1 is 1.11 bits per heavy atom. The summed E-state index contributed by atoms with van der Waals surface area (Å²) >= 11 is 13.4. The number of amides is 1. The number of hydrogen-bond donors (Lipinski definition) is 2. The number of carboxylic acid groups (broad SMARTS) is 1. The van der Waals surface area contributed by atoms with Gasteiger partial charge in [-0.1, -0.05) is 47.5 Å². The zero-order valence-electron chi connectivity index (χ0n) is 18.8. The first-order chi connectivity index (χ1) is 17.7. The number of pyridine rings is 1. The molecule has 5 rings (SSSR count). The van der Waals surface area contributed by atoms with Crippen molar-refractivity contribution < 1.29 is 19.1 Å². The van der Waals surface area contributed by atoms with Gasteiger partial charge in [-0.25, -0.2) is 14.4 Å². The summed E-state index contributed by atoms with van der Waals surface area (Å²) in [5.74, 6) is -2.56. The number of hydrogen-bond acceptors (Lipinski definition) is 6. The standard InChI is InChI=1S/C25H17Cl2FN4O4S/c26-14-5-1-12(2-6-14)18-10-17(31-32(18)25(36)16(28)9-19(33)34)21-20(13-3-7-15(27)8-4-13)22-23(29-11-37-22)30-24(21)35/h1-8,11,16,18H,9-10H2,(H,30,35)(H,33,34). The minimum absolute atomic E-state index is 0.0845. The summed E-state index contributed by atoms with van der Waals surface area (Å²) < 4.78 is 15.4. The molecule has 2 atom stereocenters. The number of halogens is 3. The number of nitrogens with one attached hydrogen (secondary N) is 1. The number of rotatable bonds is 6. The average Bonchev–Trinajstić information content (AvgIpc) is 3.50. The monoisotopic (exact) mass is 558 g/mol. The maximum absolute atomic E-state index is 14.7. The highest BCUT2D eigenvalue weighted by Crippen LogP contribution is 2.38. The Labute approximate surface area is 223 Å². The lowest BCUT2D eigenvalue weighted by Crippen LogP contribution is -2.35. The maximum atomic E-state index is 14.7. The smallest absolute Gasteiger partial charge is 0.306 e. The molecule has 2 aromatic carbocycles. The lowest BCUT2D eigenvalue weighted by atomic mass is 9.93. The lowest BCUT2D eigenvalue weighted by molar-refractivity contribution is -0.146. The first kappa shape index (κ1) is 25.1. The van der Waals surface area contributed by atoms with Gasteiger partial charge < -0.3 is 10.1 Å². The zero-order chi connectivity index (χ0) is 26.3. The molecular weight excluding hydrogens is 542 g/mol. The molecule has 37 heavy (non-hydrogen) atoms. The second-order valence-electron chi connectivity index (χ2n) is 8.31. The molecule has 2 aromatic heterocycles. The van der Waals surface area contributed by atoms with Crippen LogP contribution in [-0.2, 0) is 9.59 Å². The van der Waals surface area contributed by atoms with Gasteiger partial charge in [-0.2, -0.15) is 5.10 Å². The largest absolute Gasteiger partial charge is 0.481 e. The van der Waals surface area contributed by atoms with Crippen LogP contribution in [0.3, 0.4) is 0 Å². The van der Waals surface area contributed by atoms with E-state index in [1.54, 1.807) is 54.0 Å². The molecule has 4 aromatic rings. The molecule has 0 fully saturated rings. The van der Waals surface area contributed by atoms with E-state index in [9.17, 15) is 18.8 Å². The molecule has 2 N–H and O–H groups in total. The number of fused-ring (bicyclic) bond motifs is 1. The predicted octanol–water partition coefficient (Wildman–Crippen LogP) is 5.45. The summed E-state index contributed by atoms with van der Waals surface area (Å²) in [5, 5.41) is 15.3. The first-order valence-corrected chi connectivity index (χ1v) is 12.6. The number of aromatic nitrogens is 2. The number of carbonyl (C=O) groups excluding carboxylic acids is 1. The highest BCUT2D eigenvalue weighted by atomic mass is 35.5. The molecular formula is C25H17Cl2FN4O4S. The number of alkyl halides is 1. The van der Waals surface area contributed by atoms with Crippen LogP contribution in [0.4, 0.5) is 4.39 Å². The first-order valence-electron chi connectivity index (χ1n) is 11.0. The molecule has 1 aliphatic heterocycles. The second-order valence-corrected chi connectivity index (χ2v) is 10.0. The molecule has 3 heterocycles. The van der Waals surface area contributed by atoms with Crippen molar-refractivity contribution in [3.05, 3.63) is 85.6 Å². The van der Waals surface area contributed by atoms with Crippen LogP contribution in [-0.4, -0.2) is 43.8 Å². The number of hydrazone groups is 1. The summed E-state index contributed by atoms with van der Waals surface area (Å²) in [6, 6.07) is 12.7. The van der Waals surface area contributed by atoms with Crippen molar-refractivity contribution in [2.45, 2.75) is 25.1 Å². The molecule has 0 bridgehead atoms. The third kappa shape index (κ3) is 4.87. The highest BCUT2D eigenvalue weighted by molar-refractivity contribution is 7.17. The summed E-state index contributed by atoms with van der Waals surface area (Å²) in [6.07, 6.45) is -3.23. The van der Waals surface area contributed by atoms with Crippen LogP contribution >= 0.6 is 34.5 Å². The van der Waals surface area contributed by atoms with Gasteiger partial charge in [0.25, 0.3) is 11.5 Å². The van der Waals surface area contributed by atoms with Gasteiger partial charge in [-0.3, -0.25) is 14.4 Å². The van der Waals surface area contributed by atoms with Crippen LogP contribution < -0.4 is 5.56 Å². The van der Waals surface area contributed by atoms with Crippen LogP contribution in [0.15, 0.2) is 63.9 Å². The number of benzene rings is 2. The Morgan fingerprint density at radius 2 is 1.76 bits per heavy atom. The highest BCUT2D eigenvalue weighted by Gasteiger charge is 2.39. The van der Waals surface area contributed by atoms with E-state index >= 15 is 0 Å². The van der Waals surface area contributed by atoms with Crippen molar-refractivity contribution in [3.8, 4) is 11.1 Å². The fourth-order valence-corrected chi connectivity index (χ4v) is 5.34. The molecule has 188 valence electrons. The molecule has 0 spiro atoms.